The van der Waals surface area contributed by atoms with Crippen LogP contribution in [0, 0.1) is 0 Å². The molecule has 0 saturated heterocycles. The van der Waals surface area contributed by atoms with Crippen LogP contribution in [-0.2, 0) is 6.42 Å². The number of hydrogen-bond donors (Lipinski definition) is 1. The third-order valence-electron chi connectivity index (χ3n) is 2.77. The molecule has 0 aliphatic rings. The second-order valence-corrected chi connectivity index (χ2v) is 4.61. The Balaban J connectivity index is 3.23. The lowest BCUT2D eigenvalue weighted by Gasteiger charge is -2.17. The average molecular weight is 238 g/mol. The number of hydrogen-bond acceptors (Lipinski definition) is 3. The minimum Gasteiger partial charge on any atom is -0.496 e. The van der Waals surface area contributed by atoms with Crippen molar-refractivity contribution in [1.29, 1.82) is 0 Å². The number of methoxy groups -OCH3 is 2. The lowest BCUT2D eigenvalue weighted by molar-refractivity contribution is 0.194. The van der Waals surface area contributed by atoms with Crippen molar-refractivity contribution in [3.05, 3.63) is 23.3 Å². The summed E-state index contributed by atoms with van der Waals surface area (Å²) in [7, 11) is 3.30. The van der Waals surface area contributed by atoms with Gasteiger partial charge in [0.2, 0.25) is 0 Å². The quantitative estimate of drug-likeness (QED) is 0.857. The molecule has 0 amide bonds. The highest BCUT2D eigenvalue weighted by Gasteiger charge is 2.14. The standard InChI is InChI=1S/C14H22O3/c1-9(2)12-7-11(6-10(3)15)13(16-4)8-14(12)17-5/h7-10,15H,6H2,1-5H3. The molecule has 0 saturated carbocycles. The normalized spacial score (nSPS) is 12.6. The minimum absolute atomic E-state index is 0.377. The first-order valence-electron chi connectivity index (χ1n) is 5.92. The molecule has 1 aromatic rings. The van der Waals surface area contributed by atoms with Gasteiger partial charge in [-0.1, -0.05) is 13.8 Å². The molecule has 0 spiro atoms. The fourth-order valence-corrected chi connectivity index (χ4v) is 1.92. The van der Waals surface area contributed by atoms with Gasteiger partial charge in [0.1, 0.15) is 11.5 Å². The van der Waals surface area contributed by atoms with Crippen LogP contribution in [0.25, 0.3) is 0 Å². The Morgan fingerprint density at radius 2 is 1.65 bits per heavy atom. The highest BCUT2D eigenvalue weighted by atomic mass is 16.5. The molecule has 3 heteroatoms. The Morgan fingerprint density at radius 1 is 1.06 bits per heavy atom. The van der Waals surface area contributed by atoms with Crippen molar-refractivity contribution < 1.29 is 14.6 Å². The summed E-state index contributed by atoms with van der Waals surface area (Å²) in [6, 6.07) is 3.96. The van der Waals surface area contributed by atoms with Crippen LogP contribution in [-0.4, -0.2) is 25.4 Å². The second kappa shape index (κ2) is 5.92. The van der Waals surface area contributed by atoms with Crippen molar-refractivity contribution in [3.8, 4) is 11.5 Å². The van der Waals surface area contributed by atoms with Crippen molar-refractivity contribution in [1.82, 2.24) is 0 Å². The Kier molecular flexibility index (Phi) is 4.82. The zero-order valence-electron chi connectivity index (χ0n) is 11.3. The smallest absolute Gasteiger partial charge is 0.126 e. The van der Waals surface area contributed by atoms with E-state index in [2.05, 4.69) is 19.9 Å². The fraction of sp³-hybridized carbons (Fsp3) is 0.571. The van der Waals surface area contributed by atoms with Crippen LogP contribution in [0.3, 0.4) is 0 Å². The summed E-state index contributed by atoms with van der Waals surface area (Å²) < 4.78 is 10.7. The van der Waals surface area contributed by atoms with E-state index in [1.807, 2.05) is 6.07 Å². The van der Waals surface area contributed by atoms with Gasteiger partial charge in [0.05, 0.1) is 20.3 Å². The van der Waals surface area contributed by atoms with Gasteiger partial charge in [0.25, 0.3) is 0 Å². The van der Waals surface area contributed by atoms with Gasteiger partial charge < -0.3 is 14.6 Å². The van der Waals surface area contributed by atoms with Crippen molar-refractivity contribution >= 4 is 0 Å². The summed E-state index contributed by atoms with van der Waals surface area (Å²) in [4.78, 5) is 0. The fourth-order valence-electron chi connectivity index (χ4n) is 1.92. The maximum atomic E-state index is 9.49. The molecule has 1 unspecified atom stereocenters. The molecule has 1 atom stereocenters. The lowest BCUT2D eigenvalue weighted by Crippen LogP contribution is -2.07. The van der Waals surface area contributed by atoms with Crippen LogP contribution in [0.4, 0.5) is 0 Å². The lowest BCUT2D eigenvalue weighted by atomic mass is 9.96. The molecule has 0 aliphatic carbocycles. The van der Waals surface area contributed by atoms with Crippen LogP contribution in [0.5, 0.6) is 11.5 Å². The number of ether oxygens (including phenoxy) is 2. The van der Waals surface area contributed by atoms with E-state index in [-0.39, 0.29) is 6.10 Å². The molecule has 1 N–H and O–H groups in total. The Hall–Kier alpha value is -1.22. The van der Waals surface area contributed by atoms with Crippen LogP contribution in [0.2, 0.25) is 0 Å². The summed E-state index contributed by atoms with van der Waals surface area (Å²) in [5.74, 6) is 1.99. The first kappa shape index (κ1) is 13.8. The number of rotatable bonds is 5. The van der Waals surface area contributed by atoms with Gasteiger partial charge in [-0.3, -0.25) is 0 Å². The molecule has 0 radical (unpaired) electrons. The van der Waals surface area contributed by atoms with Gasteiger partial charge in [-0.25, -0.2) is 0 Å². The van der Waals surface area contributed by atoms with Crippen molar-refractivity contribution in [2.45, 2.75) is 39.2 Å². The van der Waals surface area contributed by atoms with E-state index >= 15 is 0 Å². The highest BCUT2D eigenvalue weighted by Crippen LogP contribution is 2.34. The molecular formula is C14H22O3. The third kappa shape index (κ3) is 3.37. The number of aliphatic hydroxyl groups excluding tert-OH is 1. The summed E-state index contributed by atoms with van der Waals surface area (Å²) in [6.45, 7) is 6.02. The second-order valence-electron chi connectivity index (χ2n) is 4.61. The molecule has 0 aliphatic heterocycles. The van der Waals surface area contributed by atoms with Gasteiger partial charge in [0.15, 0.2) is 0 Å². The SMILES string of the molecule is COc1cc(OC)c(C(C)C)cc1CC(C)O. The zero-order valence-corrected chi connectivity index (χ0v) is 11.3. The average Bonchev–Trinajstić information content (AvgIpc) is 2.27. The first-order valence-corrected chi connectivity index (χ1v) is 5.92. The van der Waals surface area contributed by atoms with Gasteiger partial charge in [-0.2, -0.15) is 0 Å². The van der Waals surface area contributed by atoms with Crippen molar-refractivity contribution in [2.75, 3.05) is 14.2 Å². The maximum absolute atomic E-state index is 9.49. The van der Waals surface area contributed by atoms with E-state index in [1.165, 1.54) is 0 Å². The molecule has 0 heterocycles. The monoisotopic (exact) mass is 238 g/mol. The van der Waals surface area contributed by atoms with Crippen LogP contribution in [0.15, 0.2) is 12.1 Å². The highest BCUT2D eigenvalue weighted by molar-refractivity contribution is 5.48. The summed E-state index contributed by atoms with van der Waals surface area (Å²) in [5.41, 5.74) is 2.16. The molecule has 17 heavy (non-hydrogen) atoms. The Bertz CT molecular complexity index is 370. The van der Waals surface area contributed by atoms with Gasteiger partial charge in [-0.15, -0.1) is 0 Å². The molecule has 96 valence electrons. The van der Waals surface area contributed by atoms with Crippen LogP contribution in [0.1, 0.15) is 37.8 Å². The van der Waals surface area contributed by atoms with E-state index in [0.29, 0.717) is 12.3 Å². The van der Waals surface area contributed by atoms with Crippen molar-refractivity contribution in [2.24, 2.45) is 0 Å². The number of aliphatic hydroxyl groups is 1. The largest absolute Gasteiger partial charge is 0.496 e. The van der Waals surface area contributed by atoms with E-state index in [0.717, 1.165) is 22.6 Å². The van der Waals surface area contributed by atoms with Gasteiger partial charge in [0, 0.05) is 12.5 Å². The van der Waals surface area contributed by atoms with Crippen molar-refractivity contribution in [3.63, 3.8) is 0 Å². The van der Waals surface area contributed by atoms with E-state index in [9.17, 15) is 5.11 Å². The topological polar surface area (TPSA) is 38.7 Å². The summed E-state index contributed by atoms with van der Waals surface area (Å²) >= 11 is 0. The number of benzene rings is 1. The molecule has 1 rings (SSSR count). The Morgan fingerprint density at radius 3 is 2.06 bits per heavy atom. The Labute approximate surface area is 103 Å². The zero-order chi connectivity index (χ0) is 13.0. The van der Waals surface area contributed by atoms with Gasteiger partial charge in [-0.05, 0) is 30.0 Å². The molecule has 0 fully saturated rings. The molecule has 0 aromatic heterocycles. The van der Waals surface area contributed by atoms with E-state index < -0.39 is 0 Å². The third-order valence-corrected chi connectivity index (χ3v) is 2.77. The molecular weight excluding hydrogens is 216 g/mol. The van der Waals surface area contributed by atoms with Crippen LogP contribution >= 0.6 is 0 Å². The van der Waals surface area contributed by atoms with E-state index in [1.54, 1.807) is 21.1 Å². The molecule has 0 bridgehead atoms. The summed E-state index contributed by atoms with van der Waals surface area (Å²) in [5, 5.41) is 9.49. The first-order chi connectivity index (χ1) is 7.99. The molecule has 3 nitrogen and oxygen atoms in total. The molecule has 1 aromatic carbocycles. The minimum atomic E-state index is -0.377. The predicted molar refractivity (Wildman–Crippen MR) is 69.0 cm³/mol. The predicted octanol–water partition coefficient (Wildman–Crippen LogP) is 2.75. The van der Waals surface area contributed by atoms with Crippen LogP contribution < -0.4 is 9.47 Å². The maximum Gasteiger partial charge on any atom is 0.126 e. The van der Waals surface area contributed by atoms with E-state index in [4.69, 9.17) is 9.47 Å². The summed E-state index contributed by atoms with van der Waals surface area (Å²) in [6.07, 6.45) is 0.213. The van der Waals surface area contributed by atoms with Gasteiger partial charge >= 0.3 is 0 Å².